The summed E-state index contributed by atoms with van der Waals surface area (Å²) in [5.74, 6) is -4.25. The number of nitrogens with two attached hydrogens (primary N) is 1. The van der Waals surface area contributed by atoms with Gasteiger partial charge in [0.2, 0.25) is 23.6 Å². The number of nitriles is 1. The van der Waals surface area contributed by atoms with E-state index >= 15 is 0 Å². The van der Waals surface area contributed by atoms with Crippen LogP contribution < -0.4 is 27.0 Å². The maximum absolute atomic E-state index is 13.6. The van der Waals surface area contributed by atoms with Gasteiger partial charge in [-0.1, -0.05) is 13.8 Å². The highest BCUT2D eigenvalue weighted by Gasteiger charge is 2.26. The van der Waals surface area contributed by atoms with E-state index in [9.17, 15) is 28.4 Å². The number of carbonyl (C=O) groups excluding carboxylic acids is 5. The van der Waals surface area contributed by atoms with E-state index in [-0.39, 0.29) is 36.4 Å². The monoisotopic (exact) mass is 542 g/mol. The number of halogens is 1. The summed E-state index contributed by atoms with van der Waals surface area (Å²) in [7, 11) is 1.75. The minimum Gasteiger partial charge on any atom is -0.368 e. The summed E-state index contributed by atoms with van der Waals surface area (Å²) < 4.78 is 15.2. The molecule has 0 bridgehead atoms. The first-order valence-corrected chi connectivity index (χ1v) is 12.0. The Hall–Kier alpha value is -4.80. The van der Waals surface area contributed by atoms with E-state index in [0.29, 0.717) is 5.69 Å². The van der Waals surface area contributed by atoms with Crippen LogP contribution in [0.2, 0.25) is 0 Å². The molecule has 13 nitrogen and oxygen atoms in total. The summed E-state index contributed by atoms with van der Waals surface area (Å²) in [5.41, 5.74) is 5.31. The number of amides is 5. The zero-order valence-electron chi connectivity index (χ0n) is 21.8. The Balaban J connectivity index is 1.95. The first-order chi connectivity index (χ1) is 18.4. The normalized spacial score (nSPS) is 12.1. The van der Waals surface area contributed by atoms with Gasteiger partial charge in [-0.15, -0.1) is 0 Å². The number of hydrogen-bond acceptors (Lipinski definition) is 7. The van der Waals surface area contributed by atoms with Crippen molar-refractivity contribution in [2.75, 3.05) is 13.1 Å². The predicted molar refractivity (Wildman–Crippen MR) is 136 cm³/mol. The molecular weight excluding hydrogens is 511 g/mol. The third-order valence-electron chi connectivity index (χ3n) is 5.50. The molecule has 2 aromatic rings. The number of hydrogen-bond donors (Lipinski definition) is 5. The number of primary amides is 1. The van der Waals surface area contributed by atoms with Crippen LogP contribution in [-0.2, 0) is 32.6 Å². The van der Waals surface area contributed by atoms with Crippen LogP contribution in [0, 0.1) is 23.1 Å². The van der Waals surface area contributed by atoms with Crippen LogP contribution in [-0.4, -0.2) is 64.3 Å². The van der Waals surface area contributed by atoms with Crippen LogP contribution in [0.25, 0.3) is 0 Å². The van der Waals surface area contributed by atoms with Crippen LogP contribution in [0.1, 0.15) is 41.9 Å². The van der Waals surface area contributed by atoms with Crippen molar-refractivity contribution >= 4 is 29.5 Å². The molecule has 2 atom stereocenters. The van der Waals surface area contributed by atoms with Gasteiger partial charge in [0.15, 0.2) is 0 Å². The van der Waals surface area contributed by atoms with E-state index in [0.717, 1.165) is 12.1 Å². The lowest BCUT2D eigenvalue weighted by Gasteiger charge is -2.22. The highest BCUT2D eigenvalue weighted by Crippen LogP contribution is 2.11. The van der Waals surface area contributed by atoms with Crippen molar-refractivity contribution in [1.82, 2.24) is 30.8 Å². The number of imidazole rings is 1. The molecule has 6 N–H and O–H groups in total. The van der Waals surface area contributed by atoms with Crippen molar-refractivity contribution in [3.8, 4) is 6.07 Å². The Kier molecular flexibility index (Phi) is 11.1. The second kappa shape index (κ2) is 14.2. The average molecular weight is 543 g/mol. The summed E-state index contributed by atoms with van der Waals surface area (Å²) in [6.45, 7) is 2.91. The largest absolute Gasteiger partial charge is 0.368 e. The van der Waals surface area contributed by atoms with Crippen LogP contribution in [0.15, 0.2) is 30.7 Å². The SMILES string of the molecule is CC(C)[C@H](NC(=O)c1ccc([19F])c(C#N)c1)C(=O)NCCC(=O)N[C@@H](Cc1cn(C)cn1)C(=O)NCC(N)=O. The van der Waals surface area contributed by atoms with Gasteiger partial charge >= 0.3 is 0 Å². The number of aryl methyl sites for hydroxylation is 1. The number of benzene rings is 1. The second-order valence-electron chi connectivity index (χ2n) is 9.08. The smallest absolute Gasteiger partial charge is 0.251 e. The van der Waals surface area contributed by atoms with E-state index in [1.807, 2.05) is 0 Å². The molecule has 0 unspecified atom stereocenters. The Morgan fingerprint density at radius 2 is 1.85 bits per heavy atom. The zero-order chi connectivity index (χ0) is 29.1. The fraction of sp³-hybridized carbons (Fsp3) is 0.400. The lowest BCUT2D eigenvalue weighted by atomic mass is 10.0. The summed E-state index contributed by atoms with van der Waals surface area (Å²) in [6.07, 6.45) is 3.08. The standard InChI is InChI=1S/C25H31FN8O5/c1-14(2)22(33-23(37)15-4-5-18(26)16(8-15)10-27)25(39)29-7-6-21(36)32-19(24(38)30-11-20(28)35)9-17-12-34(3)13-31-17/h4-5,8,12-14,19,22H,6-7,9,11H2,1-3H3,(H2,28,35)(H,29,39)(H,30,38)(H,32,36)(H,33,37)/t19-,22-/m0/s1/i26+0. The topological polar surface area (TPSA) is 201 Å². The van der Waals surface area contributed by atoms with E-state index in [2.05, 4.69) is 26.3 Å². The molecule has 1 aromatic heterocycles. The lowest BCUT2D eigenvalue weighted by Crippen LogP contribution is -2.51. The first kappa shape index (κ1) is 30.4. The van der Waals surface area contributed by atoms with E-state index in [1.165, 1.54) is 12.4 Å². The van der Waals surface area contributed by atoms with Crippen molar-refractivity contribution in [3.05, 3.63) is 53.4 Å². The highest BCUT2D eigenvalue weighted by molar-refractivity contribution is 5.98. The lowest BCUT2D eigenvalue weighted by molar-refractivity contribution is -0.130. The zero-order valence-corrected chi connectivity index (χ0v) is 21.8. The van der Waals surface area contributed by atoms with Gasteiger partial charge in [-0.05, 0) is 24.1 Å². The first-order valence-electron chi connectivity index (χ1n) is 12.0. The quantitative estimate of drug-likeness (QED) is 0.214. The third kappa shape index (κ3) is 9.54. The van der Waals surface area contributed by atoms with Gasteiger partial charge in [-0.2, -0.15) is 5.26 Å². The predicted octanol–water partition coefficient (Wildman–Crippen LogP) is -0.979. The van der Waals surface area contributed by atoms with Gasteiger partial charge in [0, 0.05) is 38.2 Å². The molecule has 1 heterocycles. The van der Waals surface area contributed by atoms with Crippen molar-refractivity contribution in [1.29, 1.82) is 5.26 Å². The van der Waals surface area contributed by atoms with E-state index in [1.54, 1.807) is 37.7 Å². The van der Waals surface area contributed by atoms with E-state index in [4.69, 9.17) is 11.0 Å². The molecular formula is C25H31FN8O5. The molecule has 0 fully saturated rings. The Morgan fingerprint density at radius 3 is 2.44 bits per heavy atom. The van der Waals surface area contributed by atoms with Gasteiger partial charge in [0.25, 0.3) is 5.91 Å². The molecule has 0 radical (unpaired) electrons. The van der Waals surface area contributed by atoms with Crippen LogP contribution in [0.4, 0.5) is 4.39 Å². The summed E-state index contributed by atoms with van der Waals surface area (Å²) >= 11 is 0. The molecule has 0 aliphatic rings. The Labute approximate surface area is 224 Å². The molecule has 2 rings (SSSR count). The van der Waals surface area contributed by atoms with Gasteiger partial charge in [0.1, 0.15) is 24.0 Å². The second-order valence-corrected chi connectivity index (χ2v) is 9.08. The third-order valence-corrected chi connectivity index (χ3v) is 5.50. The van der Waals surface area contributed by atoms with Crippen molar-refractivity contribution in [3.63, 3.8) is 0 Å². The van der Waals surface area contributed by atoms with Crippen molar-refractivity contribution in [2.24, 2.45) is 18.7 Å². The maximum atomic E-state index is 13.6. The molecule has 14 heteroatoms. The van der Waals surface area contributed by atoms with Crippen LogP contribution in [0.3, 0.4) is 0 Å². The van der Waals surface area contributed by atoms with Gasteiger partial charge in [-0.3, -0.25) is 24.0 Å². The van der Waals surface area contributed by atoms with E-state index < -0.39 is 54.0 Å². The average Bonchev–Trinajstić information content (AvgIpc) is 3.29. The Morgan fingerprint density at radius 1 is 1.13 bits per heavy atom. The summed E-state index contributed by atoms with van der Waals surface area (Å²) in [4.78, 5) is 65.5. The molecule has 5 amide bonds. The van der Waals surface area contributed by atoms with Crippen molar-refractivity contribution < 1.29 is 28.4 Å². The highest BCUT2D eigenvalue weighted by atomic mass is 19.1. The van der Waals surface area contributed by atoms with Crippen molar-refractivity contribution in [2.45, 2.75) is 38.8 Å². The molecule has 0 saturated carbocycles. The molecule has 0 aliphatic carbocycles. The summed E-state index contributed by atoms with van der Waals surface area (Å²) in [6, 6.07) is 2.91. The van der Waals surface area contributed by atoms with Gasteiger partial charge in [-0.25, -0.2) is 9.37 Å². The molecule has 39 heavy (non-hydrogen) atoms. The van der Waals surface area contributed by atoms with Gasteiger partial charge in [0.05, 0.1) is 24.1 Å². The minimum absolute atomic E-state index is 0.0133. The Bertz CT molecular complexity index is 1270. The molecule has 1 aromatic carbocycles. The summed E-state index contributed by atoms with van der Waals surface area (Å²) in [5, 5.41) is 19.0. The minimum atomic E-state index is -1.04. The molecule has 0 spiro atoms. The van der Waals surface area contributed by atoms with Crippen LogP contribution >= 0.6 is 0 Å². The fourth-order valence-corrected chi connectivity index (χ4v) is 3.48. The number of rotatable bonds is 13. The van der Waals surface area contributed by atoms with Gasteiger partial charge < -0.3 is 31.6 Å². The number of nitrogens with one attached hydrogen (secondary N) is 4. The number of nitrogens with zero attached hydrogens (tertiary/aromatic N) is 3. The molecule has 0 aliphatic heterocycles. The molecule has 0 saturated heterocycles. The number of carbonyl (C=O) groups is 5. The van der Waals surface area contributed by atoms with Crippen LogP contribution in [0.5, 0.6) is 0 Å². The number of aromatic nitrogens is 2. The maximum Gasteiger partial charge on any atom is 0.251 e. The molecule has 208 valence electrons. The fourth-order valence-electron chi connectivity index (χ4n) is 3.48.